The molecule has 2 aromatic heterocycles. The predicted octanol–water partition coefficient (Wildman–Crippen LogP) is 3.96. The van der Waals surface area contributed by atoms with Crippen LogP contribution in [0.25, 0.3) is 21.9 Å². The first kappa shape index (κ1) is 17.8. The number of halogens is 1. The highest BCUT2D eigenvalue weighted by Crippen LogP contribution is 2.26. The quantitative estimate of drug-likeness (QED) is 0.404. The molecule has 0 aliphatic rings. The standard InChI is InChI=1S/C20H18FN3O2S/c1-26-11-10-24-19(25)18-17(15-4-2-3-5-16(15)22-18)23-20(24)27-12-13-6-8-14(21)9-7-13/h2-9,22H,10-12H2,1H3. The van der Waals surface area contributed by atoms with Gasteiger partial charge in [-0.05, 0) is 23.8 Å². The second-order valence-electron chi connectivity index (χ2n) is 6.15. The molecule has 4 rings (SSSR count). The fraction of sp³-hybridized carbons (Fsp3) is 0.200. The molecule has 0 aliphatic heterocycles. The summed E-state index contributed by atoms with van der Waals surface area (Å²) < 4.78 is 19.9. The third-order valence-corrected chi connectivity index (χ3v) is 5.42. The Morgan fingerprint density at radius 2 is 1.96 bits per heavy atom. The number of benzene rings is 2. The van der Waals surface area contributed by atoms with E-state index in [4.69, 9.17) is 9.72 Å². The molecule has 138 valence electrons. The van der Waals surface area contributed by atoms with E-state index in [-0.39, 0.29) is 11.4 Å². The average Bonchev–Trinajstić information content (AvgIpc) is 3.06. The second-order valence-corrected chi connectivity index (χ2v) is 7.10. The molecule has 2 aromatic carbocycles. The summed E-state index contributed by atoms with van der Waals surface area (Å²) in [6, 6.07) is 14.1. The maximum absolute atomic E-state index is 13.1. The van der Waals surface area contributed by atoms with Crippen LogP contribution in [-0.4, -0.2) is 28.3 Å². The van der Waals surface area contributed by atoms with Crippen molar-refractivity contribution in [3.05, 3.63) is 70.3 Å². The van der Waals surface area contributed by atoms with Gasteiger partial charge in [0, 0.05) is 23.8 Å². The number of hydrogen-bond donors (Lipinski definition) is 1. The zero-order chi connectivity index (χ0) is 18.8. The first-order valence-corrected chi connectivity index (χ1v) is 9.53. The molecule has 0 saturated heterocycles. The van der Waals surface area contributed by atoms with Gasteiger partial charge in [0.05, 0.1) is 13.2 Å². The van der Waals surface area contributed by atoms with Gasteiger partial charge in [-0.2, -0.15) is 0 Å². The maximum atomic E-state index is 13.1. The molecule has 0 atom stereocenters. The zero-order valence-corrected chi connectivity index (χ0v) is 15.6. The summed E-state index contributed by atoms with van der Waals surface area (Å²) >= 11 is 1.46. The molecule has 0 bridgehead atoms. The third-order valence-electron chi connectivity index (χ3n) is 4.38. The number of nitrogens with zero attached hydrogens (tertiary/aromatic N) is 2. The Bertz CT molecular complexity index is 1150. The van der Waals surface area contributed by atoms with Crippen LogP contribution in [0.2, 0.25) is 0 Å². The lowest BCUT2D eigenvalue weighted by Gasteiger charge is -2.11. The van der Waals surface area contributed by atoms with Gasteiger partial charge >= 0.3 is 0 Å². The summed E-state index contributed by atoms with van der Waals surface area (Å²) in [4.78, 5) is 21.0. The molecule has 27 heavy (non-hydrogen) atoms. The highest BCUT2D eigenvalue weighted by Gasteiger charge is 2.15. The number of thioether (sulfide) groups is 1. The van der Waals surface area contributed by atoms with Crippen molar-refractivity contribution in [2.75, 3.05) is 13.7 Å². The first-order chi connectivity index (χ1) is 13.2. The number of methoxy groups -OCH3 is 1. The molecule has 0 radical (unpaired) electrons. The van der Waals surface area contributed by atoms with Crippen molar-refractivity contribution in [2.24, 2.45) is 0 Å². The Morgan fingerprint density at radius 3 is 2.74 bits per heavy atom. The molecule has 0 amide bonds. The Labute approximate surface area is 159 Å². The van der Waals surface area contributed by atoms with Crippen LogP contribution in [0.15, 0.2) is 58.5 Å². The number of fused-ring (bicyclic) bond motifs is 3. The number of nitrogens with one attached hydrogen (secondary N) is 1. The van der Waals surface area contributed by atoms with Crippen LogP contribution in [0.3, 0.4) is 0 Å². The van der Waals surface area contributed by atoms with Gasteiger partial charge in [-0.25, -0.2) is 9.37 Å². The molecule has 1 N–H and O–H groups in total. The highest BCUT2D eigenvalue weighted by molar-refractivity contribution is 7.98. The number of ether oxygens (including phenoxy) is 1. The minimum absolute atomic E-state index is 0.116. The van der Waals surface area contributed by atoms with Crippen LogP contribution in [0.1, 0.15) is 5.56 Å². The number of H-pyrrole nitrogens is 1. The topological polar surface area (TPSA) is 59.9 Å². The molecule has 4 aromatic rings. The van der Waals surface area contributed by atoms with Crippen molar-refractivity contribution < 1.29 is 9.13 Å². The Hall–Kier alpha value is -2.64. The van der Waals surface area contributed by atoms with Crippen LogP contribution >= 0.6 is 11.8 Å². The normalized spacial score (nSPS) is 11.5. The predicted molar refractivity (Wildman–Crippen MR) is 106 cm³/mol. The molecule has 2 heterocycles. The minimum atomic E-state index is -0.265. The van der Waals surface area contributed by atoms with Crippen LogP contribution in [0, 0.1) is 5.82 Å². The van der Waals surface area contributed by atoms with Crippen LogP contribution < -0.4 is 5.56 Å². The molecular formula is C20H18FN3O2S. The molecular weight excluding hydrogens is 365 g/mol. The summed E-state index contributed by atoms with van der Waals surface area (Å²) in [6.07, 6.45) is 0. The van der Waals surface area contributed by atoms with Crippen molar-refractivity contribution in [1.29, 1.82) is 0 Å². The lowest BCUT2D eigenvalue weighted by atomic mass is 10.2. The van der Waals surface area contributed by atoms with E-state index in [0.29, 0.717) is 35.1 Å². The van der Waals surface area contributed by atoms with E-state index in [9.17, 15) is 9.18 Å². The maximum Gasteiger partial charge on any atom is 0.278 e. The Balaban J connectivity index is 1.79. The van der Waals surface area contributed by atoms with E-state index >= 15 is 0 Å². The third kappa shape index (κ3) is 3.48. The van der Waals surface area contributed by atoms with Gasteiger partial charge in [-0.3, -0.25) is 9.36 Å². The van der Waals surface area contributed by atoms with Gasteiger partial charge in [-0.1, -0.05) is 42.1 Å². The number of rotatable bonds is 6. The number of aromatic nitrogens is 3. The lowest BCUT2D eigenvalue weighted by molar-refractivity contribution is 0.183. The van der Waals surface area contributed by atoms with E-state index in [2.05, 4.69) is 4.98 Å². The van der Waals surface area contributed by atoms with Crippen molar-refractivity contribution in [1.82, 2.24) is 14.5 Å². The highest BCUT2D eigenvalue weighted by atomic mass is 32.2. The van der Waals surface area contributed by atoms with E-state index < -0.39 is 0 Å². The monoisotopic (exact) mass is 383 g/mol. The fourth-order valence-corrected chi connectivity index (χ4v) is 3.97. The number of aromatic amines is 1. The Morgan fingerprint density at radius 1 is 1.19 bits per heavy atom. The summed E-state index contributed by atoms with van der Waals surface area (Å²) in [5.41, 5.74) is 2.91. The smallest absolute Gasteiger partial charge is 0.278 e. The summed E-state index contributed by atoms with van der Waals surface area (Å²) in [5, 5.41) is 1.55. The van der Waals surface area contributed by atoms with Gasteiger partial charge in [-0.15, -0.1) is 0 Å². The second kappa shape index (κ2) is 7.54. The van der Waals surface area contributed by atoms with Crippen molar-refractivity contribution in [2.45, 2.75) is 17.5 Å². The Kier molecular flexibility index (Phi) is 4.96. The fourth-order valence-electron chi connectivity index (χ4n) is 2.99. The van der Waals surface area contributed by atoms with Gasteiger partial charge in [0.2, 0.25) is 0 Å². The van der Waals surface area contributed by atoms with Gasteiger partial charge in [0.1, 0.15) is 16.9 Å². The van der Waals surface area contributed by atoms with E-state index in [0.717, 1.165) is 16.5 Å². The van der Waals surface area contributed by atoms with E-state index in [1.165, 1.54) is 23.9 Å². The molecule has 7 heteroatoms. The minimum Gasteiger partial charge on any atom is -0.383 e. The summed E-state index contributed by atoms with van der Waals surface area (Å²) in [6.45, 7) is 0.830. The van der Waals surface area contributed by atoms with Crippen molar-refractivity contribution in [3.8, 4) is 0 Å². The zero-order valence-electron chi connectivity index (χ0n) is 14.7. The van der Waals surface area contributed by atoms with Gasteiger partial charge < -0.3 is 9.72 Å². The number of hydrogen-bond acceptors (Lipinski definition) is 4. The first-order valence-electron chi connectivity index (χ1n) is 8.55. The van der Waals surface area contributed by atoms with Gasteiger partial charge in [0.15, 0.2) is 5.16 Å². The van der Waals surface area contributed by atoms with Crippen molar-refractivity contribution >= 4 is 33.7 Å². The average molecular weight is 383 g/mol. The molecule has 0 unspecified atom stereocenters. The van der Waals surface area contributed by atoms with Crippen LogP contribution in [0.4, 0.5) is 4.39 Å². The van der Waals surface area contributed by atoms with Crippen LogP contribution in [0.5, 0.6) is 0 Å². The molecule has 0 saturated carbocycles. The lowest BCUT2D eigenvalue weighted by Crippen LogP contribution is -2.25. The largest absolute Gasteiger partial charge is 0.383 e. The number of para-hydroxylation sites is 1. The molecule has 0 spiro atoms. The van der Waals surface area contributed by atoms with Gasteiger partial charge in [0.25, 0.3) is 5.56 Å². The summed E-state index contributed by atoms with van der Waals surface area (Å²) in [5.74, 6) is 0.326. The molecule has 5 nitrogen and oxygen atoms in total. The molecule has 0 fully saturated rings. The van der Waals surface area contributed by atoms with E-state index in [1.807, 2.05) is 24.3 Å². The SMILES string of the molecule is COCCn1c(SCc2ccc(F)cc2)nc2c([nH]c3ccccc32)c1=O. The van der Waals surface area contributed by atoms with Crippen LogP contribution in [-0.2, 0) is 17.0 Å². The summed E-state index contributed by atoms with van der Waals surface area (Å²) in [7, 11) is 1.60. The molecule has 0 aliphatic carbocycles. The van der Waals surface area contributed by atoms with Crippen molar-refractivity contribution in [3.63, 3.8) is 0 Å². The van der Waals surface area contributed by atoms with E-state index in [1.54, 1.807) is 23.8 Å².